The number of hydrogen-bond donors (Lipinski definition) is 2. The van der Waals surface area contributed by atoms with E-state index in [4.69, 9.17) is 23.8 Å². The van der Waals surface area contributed by atoms with E-state index in [1.54, 1.807) is 0 Å². The molecule has 0 aromatic rings. The average Bonchev–Trinajstić information content (AvgIpc) is 2.63. The minimum absolute atomic E-state index is 0.0800. The van der Waals surface area contributed by atoms with Crippen molar-refractivity contribution < 1.29 is 28.9 Å². The number of aliphatic hydroxyl groups is 2. The van der Waals surface area contributed by atoms with Crippen LogP contribution in [0.4, 0.5) is 0 Å². The van der Waals surface area contributed by atoms with Crippen LogP contribution in [0.15, 0.2) is 0 Å². The molecular weight excluding hydrogens is 191 g/mol. The molecule has 0 saturated carbocycles. The summed E-state index contributed by atoms with van der Waals surface area (Å²) in [6, 6.07) is 0. The molecule has 0 radical (unpaired) electrons. The largest absolute Gasteiger partial charge is 0.639 e. The van der Waals surface area contributed by atoms with Gasteiger partial charge in [-0.15, -0.1) is 0 Å². The zero-order chi connectivity index (χ0) is 10.4. The first-order valence-electron chi connectivity index (χ1n) is 4.42. The van der Waals surface area contributed by atoms with E-state index in [9.17, 15) is 5.11 Å². The molecule has 2 N–H and O–H groups in total. The van der Waals surface area contributed by atoms with Crippen LogP contribution in [0.5, 0.6) is 0 Å². The minimum atomic E-state index is -0.793. The lowest BCUT2D eigenvalue weighted by Crippen LogP contribution is -2.29. The fourth-order valence-corrected chi connectivity index (χ4v) is 1.03. The van der Waals surface area contributed by atoms with Gasteiger partial charge in [-0.2, -0.15) is 0 Å². The third-order valence-electron chi connectivity index (χ3n) is 1.71. The van der Waals surface area contributed by atoms with Gasteiger partial charge in [0.2, 0.25) is 0 Å². The number of aliphatic hydroxyl groups excluding tert-OH is 2. The Kier molecular flexibility index (Phi) is 5.38. The second-order valence-electron chi connectivity index (χ2n) is 3.01. The molecule has 1 aliphatic rings. The quantitative estimate of drug-likeness (QED) is 0.510. The highest BCUT2D eigenvalue weighted by Crippen LogP contribution is 2.08. The van der Waals surface area contributed by atoms with Crippen LogP contribution in [-0.2, 0) is 18.7 Å². The van der Waals surface area contributed by atoms with Gasteiger partial charge >= 0.3 is 7.32 Å². The molecule has 0 amide bonds. The molecule has 1 fully saturated rings. The smallest absolute Gasteiger partial charge is 0.394 e. The molecule has 1 rings (SSSR count). The topological polar surface area (TPSA) is 77.4 Å². The number of ether oxygens (including phenoxy) is 1. The Morgan fingerprint density at radius 3 is 2.93 bits per heavy atom. The molecule has 82 valence electrons. The SMILES string of the molecule is COCC(O)COB1OCC(CO)O1. The van der Waals surface area contributed by atoms with E-state index in [1.807, 2.05) is 0 Å². The first-order valence-corrected chi connectivity index (χ1v) is 4.42. The first-order chi connectivity index (χ1) is 6.76. The van der Waals surface area contributed by atoms with Crippen molar-refractivity contribution in [1.29, 1.82) is 0 Å². The molecule has 7 heteroatoms. The van der Waals surface area contributed by atoms with Gasteiger partial charge in [-0.25, -0.2) is 0 Å². The van der Waals surface area contributed by atoms with Gasteiger partial charge in [-0.1, -0.05) is 0 Å². The maximum atomic E-state index is 9.22. The van der Waals surface area contributed by atoms with Crippen LogP contribution in [0.25, 0.3) is 0 Å². The summed E-state index contributed by atoms with van der Waals surface area (Å²) in [6.45, 7) is 0.495. The monoisotopic (exact) mass is 206 g/mol. The number of rotatable bonds is 6. The summed E-state index contributed by atoms with van der Waals surface area (Å²) in [7, 11) is 0.701. The van der Waals surface area contributed by atoms with E-state index in [2.05, 4.69) is 0 Å². The highest BCUT2D eigenvalue weighted by atomic mass is 16.8. The molecule has 2 atom stereocenters. The van der Waals surface area contributed by atoms with Crippen molar-refractivity contribution in [1.82, 2.24) is 0 Å². The summed E-state index contributed by atoms with van der Waals surface area (Å²) >= 11 is 0. The normalized spacial score (nSPS) is 24.2. The number of hydrogen-bond acceptors (Lipinski definition) is 6. The van der Waals surface area contributed by atoms with E-state index < -0.39 is 13.4 Å². The fraction of sp³-hybridized carbons (Fsp3) is 1.00. The standard InChI is InChI=1S/C7H15BO6/c1-11-3-6(10)4-12-8-13-5-7(2-9)14-8/h6-7,9-10H,2-5H2,1H3. The predicted molar refractivity (Wildman–Crippen MR) is 47.5 cm³/mol. The van der Waals surface area contributed by atoms with Gasteiger partial charge in [0.15, 0.2) is 0 Å². The molecule has 6 nitrogen and oxygen atoms in total. The third kappa shape index (κ3) is 3.91. The third-order valence-corrected chi connectivity index (χ3v) is 1.71. The van der Waals surface area contributed by atoms with Crippen LogP contribution >= 0.6 is 0 Å². The van der Waals surface area contributed by atoms with E-state index in [1.165, 1.54) is 7.11 Å². The molecule has 1 heterocycles. The van der Waals surface area contributed by atoms with E-state index in [0.717, 1.165) is 0 Å². The number of methoxy groups -OCH3 is 1. The Hall–Kier alpha value is -0.175. The highest BCUT2D eigenvalue weighted by molar-refractivity contribution is 6.37. The van der Waals surface area contributed by atoms with E-state index in [-0.39, 0.29) is 25.9 Å². The van der Waals surface area contributed by atoms with E-state index in [0.29, 0.717) is 6.61 Å². The summed E-state index contributed by atoms with van der Waals surface area (Å²) in [4.78, 5) is 0. The molecule has 0 aromatic carbocycles. The lowest BCUT2D eigenvalue weighted by atomic mass is 10.2. The molecule has 1 saturated heterocycles. The second kappa shape index (κ2) is 6.33. The van der Waals surface area contributed by atoms with Crippen LogP contribution in [0, 0.1) is 0 Å². The van der Waals surface area contributed by atoms with Crippen molar-refractivity contribution in [3.05, 3.63) is 0 Å². The van der Waals surface area contributed by atoms with Gasteiger partial charge in [0.05, 0.1) is 38.6 Å². The van der Waals surface area contributed by atoms with Crippen LogP contribution < -0.4 is 0 Å². The zero-order valence-electron chi connectivity index (χ0n) is 8.09. The van der Waals surface area contributed by atoms with Crippen molar-refractivity contribution in [2.75, 3.05) is 33.5 Å². The Labute approximate surface area is 82.9 Å². The Balaban J connectivity index is 2.07. The molecular formula is C7H15BO6. The summed E-state index contributed by atoms with van der Waals surface area (Å²) in [5.74, 6) is 0. The lowest BCUT2D eigenvalue weighted by Gasteiger charge is -2.11. The van der Waals surface area contributed by atoms with Crippen molar-refractivity contribution in [2.24, 2.45) is 0 Å². The van der Waals surface area contributed by atoms with Crippen molar-refractivity contribution in [2.45, 2.75) is 12.2 Å². The van der Waals surface area contributed by atoms with Gasteiger partial charge in [0.1, 0.15) is 0 Å². The Bertz CT molecular complexity index is 157. The molecule has 1 aliphatic heterocycles. The molecule has 2 unspecified atom stereocenters. The average molecular weight is 206 g/mol. The van der Waals surface area contributed by atoms with Crippen molar-refractivity contribution in [3.8, 4) is 0 Å². The fourth-order valence-electron chi connectivity index (χ4n) is 1.03. The predicted octanol–water partition coefficient (Wildman–Crippen LogP) is -1.60. The first kappa shape index (κ1) is 11.9. The van der Waals surface area contributed by atoms with Gasteiger partial charge < -0.3 is 28.9 Å². The van der Waals surface area contributed by atoms with Gasteiger partial charge in [0, 0.05) is 7.11 Å². The molecule has 14 heavy (non-hydrogen) atoms. The summed E-state index contributed by atoms with van der Waals surface area (Å²) in [5, 5.41) is 17.9. The minimum Gasteiger partial charge on any atom is -0.394 e. The van der Waals surface area contributed by atoms with E-state index >= 15 is 0 Å². The maximum absolute atomic E-state index is 9.22. The highest BCUT2D eigenvalue weighted by Gasteiger charge is 2.33. The molecule has 0 aliphatic carbocycles. The summed E-state index contributed by atoms with van der Waals surface area (Å²) in [6.07, 6.45) is -1.03. The summed E-state index contributed by atoms with van der Waals surface area (Å²) < 4.78 is 19.9. The summed E-state index contributed by atoms with van der Waals surface area (Å²) in [5.41, 5.74) is 0. The Morgan fingerprint density at radius 1 is 1.57 bits per heavy atom. The lowest BCUT2D eigenvalue weighted by molar-refractivity contribution is 0.0165. The van der Waals surface area contributed by atoms with Gasteiger partial charge in [0.25, 0.3) is 0 Å². The zero-order valence-corrected chi connectivity index (χ0v) is 8.09. The van der Waals surface area contributed by atoms with Crippen molar-refractivity contribution in [3.63, 3.8) is 0 Å². The molecule has 0 spiro atoms. The van der Waals surface area contributed by atoms with Gasteiger partial charge in [-0.05, 0) is 0 Å². The van der Waals surface area contributed by atoms with Crippen LogP contribution in [0.2, 0.25) is 0 Å². The molecule has 0 aromatic heterocycles. The van der Waals surface area contributed by atoms with Gasteiger partial charge in [-0.3, -0.25) is 0 Å². The maximum Gasteiger partial charge on any atom is 0.639 e. The molecule has 0 bridgehead atoms. The Morgan fingerprint density at radius 2 is 2.36 bits per heavy atom. The van der Waals surface area contributed by atoms with Crippen molar-refractivity contribution >= 4 is 7.32 Å². The van der Waals surface area contributed by atoms with Crippen LogP contribution in [0.1, 0.15) is 0 Å². The van der Waals surface area contributed by atoms with Crippen LogP contribution in [0.3, 0.4) is 0 Å². The second-order valence-corrected chi connectivity index (χ2v) is 3.01. The van der Waals surface area contributed by atoms with Crippen LogP contribution in [-0.4, -0.2) is 63.3 Å².